The van der Waals surface area contributed by atoms with E-state index in [0.717, 1.165) is 16.9 Å². The molecule has 1 N–H and O–H groups in total. The first-order valence-corrected chi connectivity index (χ1v) is 5.57. The Morgan fingerprint density at radius 2 is 1.88 bits per heavy atom. The number of piperidine rings is 1. The minimum absolute atomic E-state index is 0.0131. The van der Waals surface area contributed by atoms with Gasteiger partial charge in [0.1, 0.15) is 5.75 Å². The van der Waals surface area contributed by atoms with Crippen LogP contribution >= 0.6 is 0 Å². The highest BCUT2D eigenvalue weighted by molar-refractivity contribution is 5.98. The lowest BCUT2D eigenvalue weighted by molar-refractivity contribution is -0.133. The van der Waals surface area contributed by atoms with Crippen LogP contribution in [-0.2, 0) is 9.59 Å². The summed E-state index contributed by atoms with van der Waals surface area (Å²) in [6.07, 6.45) is 0.745. The highest BCUT2D eigenvalue weighted by atomic mass is 16.5. The fraction of sp³-hybridized carbons (Fsp3) is 0.385. The number of benzene rings is 1. The largest absolute Gasteiger partial charge is 0.496 e. The van der Waals surface area contributed by atoms with Gasteiger partial charge in [0.15, 0.2) is 0 Å². The van der Waals surface area contributed by atoms with Gasteiger partial charge in [0.05, 0.1) is 7.11 Å². The molecule has 0 saturated carbocycles. The second kappa shape index (κ2) is 4.57. The Hall–Kier alpha value is -1.84. The van der Waals surface area contributed by atoms with Crippen molar-refractivity contribution in [3.05, 3.63) is 29.3 Å². The van der Waals surface area contributed by atoms with Crippen LogP contribution < -0.4 is 10.1 Å². The van der Waals surface area contributed by atoms with Crippen LogP contribution in [0.4, 0.5) is 0 Å². The summed E-state index contributed by atoms with van der Waals surface area (Å²) in [5, 5.41) is 2.31. The topological polar surface area (TPSA) is 55.4 Å². The van der Waals surface area contributed by atoms with Crippen molar-refractivity contribution in [1.82, 2.24) is 5.32 Å². The highest BCUT2D eigenvalue weighted by Gasteiger charge is 2.26. The molecule has 4 heteroatoms. The fourth-order valence-corrected chi connectivity index (χ4v) is 2.17. The molecule has 0 radical (unpaired) electrons. The summed E-state index contributed by atoms with van der Waals surface area (Å²) >= 11 is 0. The van der Waals surface area contributed by atoms with Crippen LogP contribution in [0.15, 0.2) is 18.2 Å². The van der Waals surface area contributed by atoms with E-state index in [-0.39, 0.29) is 17.7 Å². The number of ether oxygens (including phenoxy) is 1. The summed E-state index contributed by atoms with van der Waals surface area (Å²) in [4.78, 5) is 22.6. The maximum atomic E-state index is 11.3. The summed E-state index contributed by atoms with van der Waals surface area (Å²) in [7, 11) is 1.62. The number of carbonyl (C=O) groups is 2. The third-order valence-electron chi connectivity index (χ3n) is 3.03. The Kier molecular flexibility index (Phi) is 3.13. The van der Waals surface area contributed by atoms with E-state index in [9.17, 15) is 9.59 Å². The third-order valence-corrected chi connectivity index (χ3v) is 3.03. The molecule has 1 saturated heterocycles. The number of hydrogen-bond acceptors (Lipinski definition) is 3. The van der Waals surface area contributed by atoms with E-state index in [1.165, 1.54) is 0 Å². The van der Waals surface area contributed by atoms with E-state index >= 15 is 0 Å². The molecular formula is C13H15NO3. The average Bonchev–Trinajstić information content (AvgIpc) is 2.27. The Bertz CT molecular complexity index is 452. The number of carbonyl (C=O) groups excluding carboxylic acids is 2. The predicted molar refractivity (Wildman–Crippen MR) is 62.9 cm³/mol. The van der Waals surface area contributed by atoms with Crippen molar-refractivity contribution < 1.29 is 14.3 Å². The van der Waals surface area contributed by atoms with E-state index in [4.69, 9.17) is 4.74 Å². The normalized spacial score (nSPS) is 16.8. The number of amides is 2. The number of hydrogen-bond donors (Lipinski definition) is 1. The smallest absolute Gasteiger partial charge is 0.227 e. The molecule has 4 nitrogen and oxygen atoms in total. The molecule has 0 bridgehead atoms. The SMILES string of the molecule is COc1ccc(C2CC(=O)NC(=O)C2)cc1C. The Labute approximate surface area is 100.0 Å². The number of imide groups is 1. The van der Waals surface area contributed by atoms with Gasteiger partial charge in [-0.25, -0.2) is 0 Å². The Balaban J connectivity index is 2.25. The van der Waals surface area contributed by atoms with Gasteiger partial charge in [-0.2, -0.15) is 0 Å². The number of rotatable bonds is 2. The van der Waals surface area contributed by atoms with Gasteiger partial charge in [-0.15, -0.1) is 0 Å². The molecule has 0 aliphatic carbocycles. The molecule has 2 rings (SSSR count). The number of nitrogens with one attached hydrogen (secondary N) is 1. The first kappa shape index (κ1) is 11.6. The molecule has 0 aromatic heterocycles. The van der Waals surface area contributed by atoms with Crippen molar-refractivity contribution in [2.75, 3.05) is 7.11 Å². The lowest BCUT2D eigenvalue weighted by atomic mass is 9.88. The zero-order valence-electron chi connectivity index (χ0n) is 9.95. The zero-order chi connectivity index (χ0) is 12.4. The van der Waals surface area contributed by atoms with Gasteiger partial charge in [0.2, 0.25) is 11.8 Å². The summed E-state index contributed by atoms with van der Waals surface area (Å²) in [5.41, 5.74) is 2.04. The zero-order valence-corrected chi connectivity index (χ0v) is 9.95. The van der Waals surface area contributed by atoms with Crippen molar-refractivity contribution in [2.45, 2.75) is 25.7 Å². The fourth-order valence-electron chi connectivity index (χ4n) is 2.17. The molecule has 0 atom stereocenters. The average molecular weight is 233 g/mol. The first-order valence-electron chi connectivity index (χ1n) is 5.57. The van der Waals surface area contributed by atoms with E-state index < -0.39 is 0 Å². The summed E-state index contributed by atoms with van der Waals surface area (Å²) in [6.45, 7) is 1.95. The maximum Gasteiger partial charge on any atom is 0.227 e. The summed E-state index contributed by atoms with van der Waals surface area (Å²) < 4.78 is 5.18. The molecule has 90 valence electrons. The lowest BCUT2D eigenvalue weighted by Crippen LogP contribution is -2.37. The van der Waals surface area contributed by atoms with E-state index in [2.05, 4.69) is 5.32 Å². The molecule has 1 aliphatic rings. The first-order chi connectivity index (χ1) is 8.10. The minimum atomic E-state index is -0.195. The van der Waals surface area contributed by atoms with Crippen molar-refractivity contribution >= 4 is 11.8 Å². The van der Waals surface area contributed by atoms with Crippen LogP contribution in [-0.4, -0.2) is 18.9 Å². The maximum absolute atomic E-state index is 11.3. The van der Waals surface area contributed by atoms with Crippen molar-refractivity contribution in [3.8, 4) is 5.75 Å². The molecule has 0 unspecified atom stereocenters. The van der Waals surface area contributed by atoms with Gasteiger partial charge in [-0.05, 0) is 24.1 Å². The minimum Gasteiger partial charge on any atom is -0.496 e. The van der Waals surface area contributed by atoms with Gasteiger partial charge in [0.25, 0.3) is 0 Å². The van der Waals surface area contributed by atoms with Gasteiger partial charge in [-0.3, -0.25) is 14.9 Å². The van der Waals surface area contributed by atoms with Crippen molar-refractivity contribution in [1.29, 1.82) is 0 Å². The van der Waals surface area contributed by atoms with Gasteiger partial charge in [-0.1, -0.05) is 12.1 Å². The Morgan fingerprint density at radius 1 is 1.24 bits per heavy atom. The molecule has 1 aromatic rings. The molecule has 1 heterocycles. The van der Waals surface area contributed by atoms with Gasteiger partial charge in [0, 0.05) is 18.8 Å². The molecule has 1 fully saturated rings. The molecular weight excluding hydrogens is 218 g/mol. The van der Waals surface area contributed by atoms with Crippen LogP contribution in [0.2, 0.25) is 0 Å². The predicted octanol–water partition coefficient (Wildman–Crippen LogP) is 1.52. The molecule has 17 heavy (non-hydrogen) atoms. The highest BCUT2D eigenvalue weighted by Crippen LogP contribution is 2.29. The van der Waals surface area contributed by atoms with Crippen LogP contribution in [0.5, 0.6) is 5.75 Å². The molecule has 2 amide bonds. The van der Waals surface area contributed by atoms with Gasteiger partial charge >= 0.3 is 0 Å². The van der Waals surface area contributed by atoms with E-state index in [1.807, 2.05) is 25.1 Å². The third kappa shape index (κ3) is 2.46. The van der Waals surface area contributed by atoms with Crippen LogP contribution in [0, 0.1) is 6.92 Å². The molecule has 1 aromatic carbocycles. The second-order valence-corrected chi connectivity index (χ2v) is 4.31. The van der Waals surface area contributed by atoms with Gasteiger partial charge < -0.3 is 4.74 Å². The summed E-state index contributed by atoms with van der Waals surface area (Å²) in [5.74, 6) is 0.417. The van der Waals surface area contributed by atoms with Crippen molar-refractivity contribution in [2.24, 2.45) is 0 Å². The molecule has 1 aliphatic heterocycles. The number of methoxy groups -OCH3 is 1. The van der Waals surface area contributed by atoms with E-state index in [0.29, 0.717) is 12.8 Å². The monoisotopic (exact) mass is 233 g/mol. The van der Waals surface area contributed by atoms with Crippen LogP contribution in [0.1, 0.15) is 29.9 Å². The molecule has 0 spiro atoms. The number of aryl methyl sites for hydroxylation is 1. The standard InChI is InChI=1S/C13H15NO3/c1-8-5-9(3-4-11(8)17-2)10-6-12(15)14-13(16)7-10/h3-5,10H,6-7H2,1-2H3,(H,14,15,16). The lowest BCUT2D eigenvalue weighted by Gasteiger charge is -2.21. The van der Waals surface area contributed by atoms with Crippen molar-refractivity contribution in [3.63, 3.8) is 0 Å². The van der Waals surface area contributed by atoms with E-state index in [1.54, 1.807) is 7.11 Å². The summed E-state index contributed by atoms with van der Waals surface area (Å²) in [6, 6.07) is 5.78. The van der Waals surface area contributed by atoms with Crippen LogP contribution in [0.3, 0.4) is 0 Å². The van der Waals surface area contributed by atoms with Crippen LogP contribution in [0.25, 0.3) is 0 Å². The second-order valence-electron chi connectivity index (χ2n) is 4.31. The quantitative estimate of drug-likeness (QED) is 0.788. The Morgan fingerprint density at radius 3 is 2.41 bits per heavy atom.